The van der Waals surface area contributed by atoms with Crippen LogP contribution in [0.2, 0.25) is 0 Å². The zero-order valence-electron chi connectivity index (χ0n) is 21.7. The third kappa shape index (κ3) is 5.42. The number of nitrogens with one attached hydrogen (secondary N) is 1. The van der Waals surface area contributed by atoms with Gasteiger partial charge in [-0.2, -0.15) is 0 Å². The molecule has 4 aromatic rings. The highest BCUT2D eigenvalue weighted by Gasteiger charge is 2.52. The summed E-state index contributed by atoms with van der Waals surface area (Å²) in [5.41, 5.74) is 0.869. The molecule has 21 heteroatoms. The summed E-state index contributed by atoms with van der Waals surface area (Å²) in [4.78, 5) is 38.1. The van der Waals surface area contributed by atoms with Crippen molar-refractivity contribution in [3.8, 4) is 0 Å². The van der Waals surface area contributed by atoms with Gasteiger partial charge >= 0.3 is 13.5 Å². The van der Waals surface area contributed by atoms with Gasteiger partial charge in [0, 0.05) is 0 Å². The van der Waals surface area contributed by atoms with Crippen LogP contribution < -0.4 is 5.56 Å². The molecular formula is C22H24N6O11P2S2. The zero-order valence-corrected chi connectivity index (χ0v) is 25.2. The number of para-hydroxylation sites is 2. The largest absolute Gasteiger partial charge is 0.387 e. The Morgan fingerprint density at radius 3 is 2.53 bits per heavy atom. The summed E-state index contributed by atoms with van der Waals surface area (Å²) in [5.74, 6) is 0. The maximum atomic E-state index is 13.5. The number of fused-ring (bicyclic) bond motifs is 5. The van der Waals surface area contributed by atoms with E-state index in [0.717, 1.165) is 6.33 Å². The summed E-state index contributed by atoms with van der Waals surface area (Å²) in [7, 11) is 0. The summed E-state index contributed by atoms with van der Waals surface area (Å²) in [6.07, 6.45) is -6.34. The second kappa shape index (κ2) is 11.1. The molecule has 3 saturated heterocycles. The monoisotopic (exact) mass is 674 g/mol. The molecule has 3 aliphatic rings. The van der Waals surface area contributed by atoms with E-state index < -0.39 is 81.4 Å². The number of H-pyrrole nitrogens is 1. The minimum Gasteiger partial charge on any atom is -0.387 e. The summed E-state index contributed by atoms with van der Waals surface area (Å²) in [6.45, 7) is -9.39. The Kier molecular flexibility index (Phi) is 7.62. The van der Waals surface area contributed by atoms with Crippen LogP contribution in [0.3, 0.4) is 0 Å². The van der Waals surface area contributed by atoms with Crippen molar-refractivity contribution in [2.45, 2.75) is 49.1 Å². The fraction of sp³-hybridized carbons (Fsp3) is 0.455. The lowest BCUT2D eigenvalue weighted by Crippen LogP contribution is -2.36. The predicted molar refractivity (Wildman–Crippen MR) is 152 cm³/mol. The number of imidazole rings is 2. The Hall–Kier alpha value is -2.09. The number of rotatable bonds is 2. The number of aliphatic hydroxyl groups excluding tert-OH is 2. The van der Waals surface area contributed by atoms with E-state index in [1.807, 2.05) is 6.07 Å². The number of aromatic nitrogens is 6. The van der Waals surface area contributed by atoms with Crippen LogP contribution in [0.4, 0.5) is 0 Å². The van der Waals surface area contributed by atoms with Crippen LogP contribution in [-0.4, -0.2) is 94.0 Å². The molecule has 3 aliphatic heterocycles. The highest BCUT2D eigenvalue weighted by atomic mass is 32.7. The number of hydrogen-bond acceptors (Lipinski definition) is 14. The van der Waals surface area contributed by atoms with E-state index in [-0.39, 0.29) is 11.2 Å². The first-order chi connectivity index (χ1) is 20.5. The van der Waals surface area contributed by atoms with E-state index in [1.54, 1.807) is 22.8 Å². The Bertz CT molecular complexity index is 1840. The number of hydrogen-bond donors (Lipinski definition) is 5. The normalized spacial score (nSPS) is 38.9. The molecule has 0 amide bonds. The van der Waals surface area contributed by atoms with Crippen molar-refractivity contribution < 1.29 is 47.2 Å². The summed E-state index contributed by atoms with van der Waals surface area (Å²) in [6, 6.07) is 7.18. The molecule has 10 atom stereocenters. The molecule has 17 nitrogen and oxygen atoms in total. The number of ether oxygens (including phenoxy) is 2. The number of nitrogens with zero attached hydrogens (tertiary/aromatic N) is 5. The van der Waals surface area contributed by atoms with Crippen molar-refractivity contribution in [2.24, 2.45) is 0 Å². The maximum absolute atomic E-state index is 13.5. The molecule has 6 heterocycles. The van der Waals surface area contributed by atoms with Crippen LogP contribution in [0.5, 0.6) is 0 Å². The third-order valence-corrected chi connectivity index (χ3v) is 10.5. The quantitative estimate of drug-likeness (QED) is 0.147. The number of aliphatic hydroxyl groups is 2. The van der Waals surface area contributed by atoms with E-state index in [4.69, 9.17) is 39.4 Å². The van der Waals surface area contributed by atoms with Crippen LogP contribution >= 0.6 is 25.8 Å². The molecule has 43 heavy (non-hydrogen) atoms. The molecule has 3 aromatic heterocycles. The first-order valence-corrected chi connectivity index (χ1v) is 18.1. The van der Waals surface area contributed by atoms with Gasteiger partial charge in [0.05, 0.1) is 43.2 Å². The van der Waals surface area contributed by atoms with Gasteiger partial charge in [-0.1, -0.05) is 24.4 Å². The van der Waals surface area contributed by atoms with Crippen LogP contribution in [0.15, 0.2) is 48.0 Å². The molecule has 4 N–H and O–H groups in total. The van der Waals surface area contributed by atoms with Crippen molar-refractivity contribution in [2.75, 3.05) is 13.2 Å². The van der Waals surface area contributed by atoms with Crippen molar-refractivity contribution >= 4 is 59.8 Å². The van der Waals surface area contributed by atoms with E-state index in [9.17, 15) is 24.5 Å². The second-order valence-electron chi connectivity index (χ2n) is 9.98. The molecule has 3 fully saturated rings. The van der Waals surface area contributed by atoms with Crippen LogP contribution in [-0.2, 0) is 43.9 Å². The lowest BCUT2D eigenvalue weighted by molar-refractivity contribution is -0.0587. The zero-order chi connectivity index (χ0) is 30.1. The first kappa shape index (κ1) is 29.6. The topological polar surface area (TPSA) is 215 Å². The van der Waals surface area contributed by atoms with Crippen molar-refractivity contribution in [1.29, 1.82) is 0 Å². The fourth-order valence-corrected chi connectivity index (χ4v) is 8.25. The molecule has 7 rings (SSSR count). The Morgan fingerprint density at radius 2 is 1.70 bits per heavy atom. The van der Waals surface area contributed by atoms with Gasteiger partial charge in [-0.25, -0.2) is 19.5 Å². The van der Waals surface area contributed by atoms with Crippen molar-refractivity contribution in [3.63, 3.8) is 0 Å². The number of benzene rings is 1. The molecule has 0 saturated carbocycles. The molecular weight excluding hydrogens is 650 g/mol. The summed E-state index contributed by atoms with van der Waals surface area (Å²) >= 11 is 9.33. The predicted octanol–water partition coefficient (Wildman–Crippen LogP) is 0.758. The molecule has 10 unspecified atom stereocenters. The number of thiol groups is 1. The van der Waals surface area contributed by atoms with Gasteiger partial charge in [0.15, 0.2) is 23.6 Å². The Labute approximate surface area is 251 Å². The highest BCUT2D eigenvalue weighted by molar-refractivity contribution is 8.44. The molecule has 0 radical (unpaired) electrons. The van der Waals surface area contributed by atoms with E-state index in [2.05, 4.69) is 32.2 Å². The van der Waals surface area contributed by atoms with Crippen molar-refractivity contribution in [3.05, 3.63) is 53.6 Å². The lowest BCUT2D eigenvalue weighted by atomic mass is 10.1. The van der Waals surface area contributed by atoms with Gasteiger partial charge in [0.1, 0.15) is 36.6 Å². The average Bonchev–Trinajstić information content (AvgIpc) is 3.72. The minimum atomic E-state index is -4.29. The molecule has 2 bridgehead atoms. The molecule has 230 valence electrons. The smallest absolute Gasteiger partial charge is 0.386 e. The maximum Gasteiger partial charge on any atom is 0.386 e. The summed E-state index contributed by atoms with van der Waals surface area (Å²) < 4.78 is 50.9. The van der Waals surface area contributed by atoms with Gasteiger partial charge in [-0.3, -0.25) is 22.9 Å². The Morgan fingerprint density at radius 1 is 0.953 bits per heavy atom. The van der Waals surface area contributed by atoms with Crippen LogP contribution in [0, 0.1) is 0 Å². The number of aromatic amines is 1. The van der Waals surface area contributed by atoms with Gasteiger partial charge in [0.2, 0.25) is 0 Å². The Balaban J connectivity index is 1.20. The highest BCUT2D eigenvalue weighted by Crippen LogP contribution is 2.58. The molecule has 0 spiro atoms. The SMILES string of the molecule is O=c1[nH]cnc2c1ncn2C1OC2COP(O)(=S)OC3C(COP(=O)(S)OC1C2O)OC(n1cnc2ccccc21)C3O. The minimum absolute atomic E-state index is 0.0128. The second-order valence-corrected chi connectivity index (χ2v) is 15.6. The van der Waals surface area contributed by atoms with E-state index >= 15 is 0 Å². The van der Waals surface area contributed by atoms with E-state index in [0.29, 0.717) is 11.0 Å². The molecule has 0 aliphatic carbocycles. The van der Waals surface area contributed by atoms with Crippen molar-refractivity contribution in [1.82, 2.24) is 29.1 Å². The van der Waals surface area contributed by atoms with Crippen LogP contribution in [0.1, 0.15) is 12.5 Å². The van der Waals surface area contributed by atoms with Gasteiger partial charge in [0.25, 0.3) is 5.56 Å². The fourth-order valence-electron chi connectivity index (χ4n) is 5.34. The van der Waals surface area contributed by atoms with Crippen LogP contribution in [0.25, 0.3) is 22.2 Å². The van der Waals surface area contributed by atoms with Gasteiger partial charge in [-0.15, -0.1) is 0 Å². The van der Waals surface area contributed by atoms with Gasteiger partial charge in [-0.05, 0) is 23.9 Å². The third-order valence-electron chi connectivity index (χ3n) is 7.33. The van der Waals surface area contributed by atoms with Gasteiger partial charge < -0.3 is 38.7 Å². The lowest BCUT2D eigenvalue weighted by Gasteiger charge is -2.27. The average molecular weight is 675 g/mol. The molecule has 1 aromatic carbocycles. The van der Waals surface area contributed by atoms with E-state index in [1.165, 1.54) is 17.2 Å². The first-order valence-electron chi connectivity index (χ1n) is 12.8. The summed E-state index contributed by atoms with van der Waals surface area (Å²) in [5, 5.41) is 22.4. The standard InChI is InChI=1S/C22H24N6O11P2S2/c29-15-12-5-34-40(32,42)38-17-13(37-21(16(17)30)27-8-25-10-3-1-2-4-11(10)27)6-35-41(33,43)39-18(15)22(36-12)28-9-26-14-19(28)23-7-24-20(14)31/h1-4,7-9,12-13,15-18,21-22,29-30H,5-6H2,(H,32,42)(H,33,43)(H,23,24,31).